The summed E-state index contributed by atoms with van der Waals surface area (Å²) in [5.41, 5.74) is 2.36. The molecule has 0 spiro atoms. The summed E-state index contributed by atoms with van der Waals surface area (Å²) in [6, 6.07) is 3.82. The van der Waals surface area contributed by atoms with Crippen molar-refractivity contribution in [1.82, 2.24) is 0 Å². The molecule has 82 valence electrons. The number of allylic oxidation sites excluding steroid dienone is 2. The smallest absolute Gasteiger partial charge is 0.134 e. The number of hydrogen-bond acceptors (Lipinski definition) is 2. The van der Waals surface area contributed by atoms with E-state index in [4.69, 9.17) is 16.3 Å². The van der Waals surface area contributed by atoms with Crippen molar-refractivity contribution >= 4 is 28.9 Å². The average Bonchev–Trinajstić information content (AvgIpc) is 2.26. The molecule has 1 nitrogen and oxygen atoms in total. The van der Waals surface area contributed by atoms with Crippen LogP contribution in [0.2, 0.25) is 5.02 Å². The SMILES string of the molecule is C/C=C(\C)c1cc(Cl)cc(OC)c1SC. The third kappa shape index (κ3) is 2.70. The van der Waals surface area contributed by atoms with E-state index in [-0.39, 0.29) is 0 Å². The maximum atomic E-state index is 6.04. The lowest BCUT2D eigenvalue weighted by molar-refractivity contribution is 0.404. The summed E-state index contributed by atoms with van der Waals surface area (Å²) in [5.74, 6) is 0.839. The molecule has 0 aliphatic carbocycles. The fourth-order valence-corrected chi connectivity index (χ4v) is 2.37. The normalized spacial score (nSPS) is 11.7. The summed E-state index contributed by atoms with van der Waals surface area (Å²) >= 11 is 7.72. The Balaban J connectivity index is 3.42. The number of rotatable bonds is 3. The molecule has 0 aliphatic rings. The molecule has 0 radical (unpaired) electrons. The lowest BCUT2D eigenvalue weighted by Crippen LogP contribution is -1.91. The highest BCUT2D eigenvalue weighted by molar-refractivity contribution is 7.98. The Morgan fingerprint density at radius 3 is 2.60 bits per heavy atom. The van der Waals surface area contributed by atoms with Gasteiger partial charge in [0.15, 0.2) is 0 Å². The van der Waals surface area contributed by atoms with Crippen LogP contribution in [0.15, 0.2) is 23.1 Å². The highest BCUT2D eigenvalue weighted by atomic mass is 35.5. The number of hydrogen-bond donors (Lipinski definition) is 0. The fourth-order valence-electron chi connectivity index (χ4n) is 1.38. The van der Waals surface area contributed by atoms with Crippen LogP contribution in [0.1, 0.15) is 19.4 Å². The molecule has 15 heavy (non-hydrogen) atoms. The third-order valence-electron chi connectivity index (χ3n) is 2.30. The highest BCUT2D eigenvalue weighted by Crippen LogP contribution is 2.37. The van der Waals surface area contributed by atoms with Gasteiger partial charge < -0.3 is 4.74 Å². The second-order valence-corrected chi connectivity index (χ2v) is 4.41. The van der Waals surface area contributed by atoms with Gasteiger partial charge in [-0.15, -0.1) is 11.8 Å². The Bertz CT molecular complexity index is 385. The van der Waals surface area contributed by atoms with E-state index in [2.05, 4.69) is 13.0 Å². The molecule has 0 amide bonds. The van der Waals surface area contributed by atoms with Gasteiger partial charge in [-0.3, -0.25) is 0 Å². The minimum Gasteiger partial charge on any atom is -0.496 e. The topological polar surface area (TPSA) is 9.23 Å². The van der Waals surface area contributed by atoms with Crippen molar-refractivity contribution in [3.63, 3.8) is 0 Å². The third-order valence-corrected chi connectivity index (χ3v) is 3.35. The van der Waals surface area contributed by atoms with Gasteiger partial charge in [0, 0.05) is 5.02 Å². The number of thioether (sulfide) groups is 1. The molecule has 1 aromatic carbocycles. The first kappa shape index (κ1) is 12.5. The quantitative estimate of drug-likeness (QED) is 0.722. The highest BCUT2D eigenvalue weighted by Gasteiger charge is 2.11. The molecular formula is C12H15ClOS. The van der Waals surface area contributed by atoms with Gasteiger partial charge in [0.05, 0.1) is 12.0 Å². The van der Waals surface area contributed by atoms with Gasteiger partial charge in [-0.1, -0.05) is 17.7 Å². The second kappa shape index (κ2) is 5.47. The van der Waals surface area contributed by atoms with Crippen LogP contribution in [0, 0.1) is 0 Å². The zero-order chi connectivity index (χ0) is 11.4. The van der Waals surface area contributed by atoms with Crippen LogP contribution in [0.3, 0.4) is 0 Å². The summed E-state index contributed by atoms with van der Waals surface area (Å²) in [6.45, 7) is 4.09. The van der Waals surface area contributed by atoms with Crippen molar-refractivity contribution < 1.29 is 4.74 Å². The van der Waals surface area contributed by atoms with Crippen LogP contribution in [-0.2, 0) is 0 Å². The van der Waals surface area contributed by atoms with Crippen molar-refractivity contribution in [2.45, 2.75) is 18.7 Å². The summed E-state index contributed by atoms with van der Waals surface area (Å²) < 4.78 is 5.32. The molecule has 0 heterocycles. The summed E-state index contributed by atoms with van der Waals surface area (Å²) in [6.07, 6.45) is 4.11. The monoisotopic (exact) mass is 242 g/mol. The van der Waals surface area contributed by atoms with Crippen LogP contribution < -0.4 is 4.74 Å². The van der Waals surface area contributed by atoms with E-state index in [1.165, 1.54) is 5.57 Å². The molecule has 0 unspecified atom stereocenters. The van der Waals surface area contributed by atoms with E-state index in [1.54, 1.807) is 18.9 Å². The molecule has 0 bridgehead atoms. The molecule has 1 rings (SSSR count). The lowest BCUT2D eigenvalue weighted by atomic mass is 10.1. The van der Waals surface area contributed by atoms with E-state index >= 15 is 0 Å². The molecule has 0 atom stereocenters. The van der Waals surface area contributed by atoms with E-state index in [0.29, 0.717) is 5.02 Å². The number of methoxy groups -OCH3 is 1. The van der Waals surface area contributed by atoms with Crippen molar-refractivity contribution in [3.05, 3.63) is 28.8 Å². The standard InChI is InChI=1S/C12H15ClOS/c1-5-8(2)10-6-9(13)7-11(14-3)12(10)15-4/h5-7H,1-4H3/b8-5+. The molecule has 0 aromatic heterocycles. The lowest BCUT2D eigenvalue weighted by Gasteiger charge is -2.13. The Hall–Kier alpha value is -0.600. The first-order valence-electron chi connectivity index (χ1n) is 4.68. The Morgan fingerprint density at radius 1 is 1.47 bits per heavy atom. The molecule has 0 N–H and O–H groups in total. The molecule has 3 heteroatoms. The zero-order valence-electron chi connectivity index (χ0n) is 9.43. The van der Waals surface area contributed by atoms with Crippen LogP contribution in [-0.4, -0.2) is 13.4 Å². The Morgan fingerprint density at radius 2 is 2.13 bits per heavy atom. The Labute approximate surface area is 100 Å². The van der Waals surface area contributed by atoms with Crippen LogP contribution >= 0.6 is 23.4 Å². The van der Waals surface area contributed by atoms with Crippen LogP contribution in [0.4, 0.5) is 0 Å². The van der Waals surface area contributed by atoms with Crippen molar-refractivity contribution in [3.8, 4) is 5.75 Å². The molecule has 0 saturated carbocycles. The first-order valence-corrected chi connectivity index (χ1v) is 6.29. The fraction of sp³-hybridized carbons (Fsp3) is 0.333. The molecule has 0 aliphatic heterocycles. The predicted molar refractivity (Wildman–Crippen MR) is 69.1 cm³/mol. The van der Waals surface area contributed by atoms with Gasteiger partial charge in [0.25, 0.3) is 0 Å². The van der Waals surface area contributed by atoms with Gasteiger partial charge >= 0.3 is 0 Å². The minimum atomic E-state index is 0.709. The number of ether oxygens (including phenoxy) is 1. The van der Waals surface area contributed by atoms with Crippen LogP contribution in [0.25, 0.3) is 5.57 Å². The van der Waals surface area contributed by atoms with Crippen LogP contribution in [0.5, 0.6) is 5.75 Å². The van der Waals surface area contributed by atoms with Gasteiger partial charge in [0.2, 0.25) is 0 Å². The first-order chi connectivity index (χ1) is 7.13. The van der Waals surface area contributed by atoms with E-state index < -0.39 is 0 Å². The average molecular weight is 243 g/mol. The van der Waals surface area contributed by atoms with Gasteiger partial charge in [0.1, 0.15) is 5.75 Å². The second-order valence-electron chi connectivity index (χ2n) is 3.16. The minimum absolute atomic E-state index is 0.709. The van der Waals surface area contributed by atoms with Gasteiger partial charge in [-0.25, -0.2) is 0 Å². The maximum absolute atomic E-state index is 6.04. The van der Waals surface area contributed by atoms with E-state index in [1.807, 2.05) is 25.3 Å². The zero-order valence-corrected chi connectivity index (χ0v) is 11.0. The van der Waals surface area contributed by atoms with Gasteiger partial charge in [-0.05, 0) is 43.4 Å². The van der Waals surface area contributed by atoms with E-state index in [0.717, 1.165) is 16.2 Å². The summed E-state index contributed by atoms with van der Waals surface area (Å²) in [5, 5.41) is 0.709. The maximum Gasteiger partial charge on any atom is 0.134 e. The molecule has 0 fully saturated rings. The molecule has 1 aromatic rings. The van der Waals surface area contributed by atoms with E-state index in [9.17, 15) is 0 Å². The largest absolute Gasteiger partial charge is 0.496 e. The molecule has 0 saturated heterocycles. The van der Waals surface area contributed by atoms with Gasteiger partial charge in [-0.2, -0.15) is 0 Å². The number of halogens is 1. The summed E-state index contributed by atoms with van der Waals surface area (Å²) in [7, 11) is 1.67. The Kier molecular flexibility index (Phi) is 4.55. The molecular weight excluding hydrogens is 228 g/mol. The predicted octanol–water partition coefficient (Wildman–Crippen LogP) is 4.49. The number of benzene rings is 1. The van der Waals surface area contributed by atoms with Crippen molar-refractivity contribution in [1.29, 1.82) is 0 Å². The van der Waals surface area contributed by atoms with Crippen molar-refractivity contribution in [2.75, 3.05) is 13.4 Å². The van der Waals surface area contributed by atoms with Crippen molar-refractivity contribution in [2.24, 2.45) is 0 Å². The summed E-state index contributed by atoms with van der Waals surface area (Å²) in [4.78, 5) is 1.14.